The molecule has 174 valence electrons. The first-order valence-corrected chi connectivity index (χ1v) is 11.5. The maximum absolute atomic E-state index is 6.09. The number of hydrogen-bond donors (Lipinski definition) is 1. The number of aromatic nitrogens is 1. The molecule has 0 aliphatic carbocycles. The highest BCUT2D eigenvalue weighted by molar-refractivity contribution is 5.83. The van der Waals surface area contributed by atoms with Crippen LogP contribution in [0.4, 0.5) is 0 Å². The van der Waals surface area contributed by atoms with Gasteiger partial charge in [-0.2, -0.15) is 0 Å². The monoisotopic (exact) mass is 450 g/mol. The molecule has 2 aliphatic rings. The van der Waals surface area contributed by atoms with Crippen molar-refractivity contribution in [3.8, 4) is 17.2 Å². The lowest BCUT2D eigenvalue weighted by Gasteiger charge is -2.33. The van der Waals surface area contributed by atoms with Crippen molar-refractivity contribution in [3.63, 3.8) is 0 Å². The van der Waals surface area contributed by atoms with E-state index in [2.05, 4.69) is 29.4 Å². The zero-order valence-electron chi connectivity index (χ0n) is 19.1. The van der Waals surface area contributed by atoms with Crippen LogP contribution in [-0.4, -0.2) is 50.9 Å². The highest BCUT2D eigenvalue weighted by atomic mass is 16.7. The number of nitrogens with one attached hydrogen (secondary N) is 1. The average molecular weight is 451 g/mol. The molecule has 1 N–H and O–H groups in total. The van der Waals surface area contributed by atoms with Gasteiger partial charge in [-0.1, -0.05) is 13.0 Å². The van der Waals surface area contributed by atoms with Gasteiger partial charge in [0.1, 0.15) is 19.0 Å². The molecule has 2 aromatic carbocycles. The number of methoxy groups -OCH3 is 1. The number of hydrogen-bond acceptors (Lipinski definition) is 7. The topological polar surface area (TPSA) is 71.1 Å². The first-order chi connectivity index (χ1) is 16.2. The van der Waals surface area contributed by atoms with Crippen LogP contribution in [0.15, 0.2) is 48.7 Å². The number of fused-ring (bicyclic) bond motifs is 2. The lowest BCUT2D eigenvalue weighted by Crippen LogP contribution is -2.46. The standard InChI is InChI=1S/C26H30N2O5/c1-17(11-19-7-8-27-23-5-4-21(29-2)13-22(19)23)26-32-15-20(16-33-26)28-14-18-3-6-24-25(12-18)31-10-9-30-24/h3-8,12-13,17,20,26,28H,9-11,14-16H2,1-2H3/t17-,20?,26?/m1/s1. The van der Waals surface area contributed by atoms with E-state index in [0.29, 0.717) is 26.4 Å². The molecular weight excluding hydrogens is 420 g/mol. The molecule has 0 radical (unpaired) electrons. The van der Waals surface area contributed by atoms with E-state index >= 15 is 0 Å². The highest BCUT2D eigenvalue weighted by Crippen LogP contribution is 2.31. The first-order valence-electron chi connectivity index (χ1n) is 11.5. The summed E-state index contributed by atoms with van der Waals surface area (Å²) in [4.78, 5) is 4.48. The first kappa shape index (κ1) is 21.9. The Morgan fingerprint density at radius 3 is 2.67 bits per heavy atom. The summed E-state index contributed by atoms with van der Waals surface area (Å²) in [5.41, 5.74) is 3.33. The smallest absolute Gasteiger partial charge is 0.161 e. The predicted molar refractivity (Wildman–Crippen MR) is 125 cm³/mol. The fourth-order valence-electron chi connectivity index (χ4n) is 4.35. The number of pyridine rings is 1. The van der Waals surface area contributed by atoms with Crippen LogP contribution in [0.25, 0.3) is 10.9 Å². The molecule has 1 aromatic heterocycles. The van der Waals surface area contributed by atoms with E-state index in [1.807, 2.05) is 36.5 Å². The molecule has 0 spiro atoms. The SMILES string of the molecule is COc1ccc2nccc(C[C@@H](C)C3OCC(NCc4ccc5c(c4)OCCO5)CO3)c2c1. The summed E-state index contributed by atoms with van der Waals surface area (Å²) in [6, 6.07) is 14.3. The quantitative estimate of drug-likeness (QED) is 0.588. The highest BCUT2D eigenvalue weighted by Gasteiger charge is 2.27. The van der Waals surface area contributed by atoms with Crippen molar-refractivity contribution >= 4 is 10.9 Å². The third-order valence-corrected chi connectivity index (χ3v) is 6.17. The number of rotatable bonds is 7. The Balaban J connectivity index is 1.14. The second kappa shape index (κ2) is 9.95. The summed E-state index contributed by atoms with van der Waals surface area (Å²) < 4.78 is 28.8. The largest absolute Gasteiger partial charge is 0.497 e. The third kappa shape index (κ3) is 5.05. The zero-order chi connectivity index (χ0) is 22.6. The van der Waals surface area contributed by atoms with Crippen LogP contribution in [0, 0.1) is 5.92 Å². The van der Waals surface area contributed by atoms with Gasteiger partial charge in [0.2, 0.25) is 0 Å². The van der Waals surface area contributed by atoms with Gasteiger partial charge in [0.25, 0.3) is 0 Å². The van der Waals surface area contributed by atoms with E-state index in [4.69, 9.17) is 23.7 Å². The summed E-state index contributed by atoms with van der Waals surface area (Å²) in [5, 5.41) is 4.63. The molecule has 5 rings (SSSR count). The normalized spacial score (nSPS) is 21.0. The summed E-state index contributed by atoms with van der Waals surface area (Å²) in [7, 11) is 1.68. The van der Waals surface area contributed by atoms with Crippen LogP contribution < -0.4 is 19.5 Å². The fourth-order valence-corrected chi connectivity index (χ4v) is 4.35. The molecule has 0 amide bonds. The van der Waals surface area contributed by atoms with Crippen LogP contribution in [-0.2, 0) is 22.4 Å². The van der Waals surface area contributed by atoms with E-state index in [0.717, 1.165) is 46.7 Å². The van der Waals surface area contributed by atoms with Crippen molar-refractivity contribution in [2.24, 2.45) is 5.92 Å². The second-order valence-electron chi connectivity index (χ2n) is 8.63. The summed E-state index contributed by atoms with van der Waals surface area (Å²) >= 11 is 0. The zero-order valence-corrected chi connectivity index (χ0v) is 19.1. The molecule has 1 saturated heterocycles. The predicted octanol–water partition coefficient (Wildman–Crippen LogP) is 3.72. The molecule has 1 atom stereocenters. The minimum Gasteiger partial charge on any atom is -0.497 e. The van der Waals surface area contributed by atoms with Gasteiger partial charge in [0.15, 0.2) is 17.8 Å². The molecule has 0 unspecified atom stereocenters. The minimum atomic E-state index is -0.230. The van der Waals surface area contributed by atoms with Gasteiger partial charge >= 0.3 is 0 Å². The maximum atomic E-state index is 6.09. The molecular formula is C26H30N2O5. The van der Waals surface area contributed by atoms with Crippen LogP contribution in [0.2, 0.25) is 0 Å². The molecule has 33 heavy (non-hydrogen) atoms. The van der Waals surface area contributed by atoms with E-state index in [9.17, 15) is 0 Å². The van der Waals surface area contributed by atoms with Gasteiger partial charge in [-0.3, -0.25) is 4.98 Å². The fraction of sp³-hybridized carbons (Fsp3) is 0.423. The number of nitrogens with zero attached hydrogens (tertiary/aromatic N) is 1. The van der Waals surface area contributed by atoms with Gasteiger partial charge in [0.05, 0.1) is 31.9 Å². The minimum absolute atomic E-state index is 0.146. The van der Waals surface area contributed by atoms with E-state index in [-0.39, 0.29) is 18.2 Å². The van der Waals surface area contributed by atoms with Crippen molar-refractivity contribution < 1.29 is 23.7 Å². The maximum Gasteiger partial charge on any atom is 0.161 e. The van der Waals surface area contributed by atoms with Crippen molar-refractivity contribution in [3.05, 3.63) is 59.8 Å². The Bertz CT molecular complexity index is 1100. The molecule has 3 heterocycles. The van der Waals surface area contributed by atoms with Gasteiger partial charge in [0, 0.05) is 24.0 Å². The van der Waals surface area contributed by atoms with Crippen LogP contribution in [0.1, 0.15) is 18.1 Å². The second-order valence-corrected chi connectivity index (χ2v) is 8.63. The Labute approximate surface area is 194 Å². The Kier molecular flexibility index (Phi) is 6.62. The lowest BCUT2D eigenvalue weighted by atomic mass is 9.97. The Morgan fingerprint density at radius 1 is 1.03 bits per heavy atom. The molecule has 3 aromatic rings. The van der Waals surface area contributed by atoms with Crippen molar-refractivity contribution in [2.45, 2.75) is 32.2 Å². The Hall–Kier alpha value is -2.87. The van der Waals surface area contributed by atoms with Crippen LogP contribution in [0.3, 0.4) is 0 Å². The van der Waals surface area contributed by atoms with Crippen molar-refractivity contribution in [1.82, 2.24) is 10.3 Å². The number of ether oxygens (including phenoxy) is 5. The van der Waals surface area contributed by atoms with Gasteiger partial charge in [-0.05, 0) is 53.9 Å². The lowest BCUT2D eigenvalue weighted by molar-refractivity contribution is -0.211. The van der Waals surface area contributed by atoms with Crippen LogP contribution >= 0.6 is 0 Å². The Morgan fingerprint density at radius 2 is 1.85 bits per heavy atom. The van der Waals surface area contributed by atoms with Gasteiger partial charge in [-0.25, -0.2) is 0 Å². The molecule has 0 bridgehead atoms. The molecule has 7 nitrogen and oxygen atoms in total. The molecule has 0 saturated carbocycles. The van der Waals surface area contributed by atoms with Crippen molar-refractivity contribution in [2.75, 3.05) is 33.5 Å². The summed E-state index contributed by atoms with van der Waals surface area (Å²) in [6.45, 7) is 5.32. The summed E-state index contributed by atoms with van der Waals surface area (Å²) in [5.74, 6) is 2.67. The number of benzene rings is 2. The summed E-state index contributed by atoms with van der Waals surface area (Å²) in [6.07, 6.45) is 2.47. The van der Waals surface area contributed by atoms with Crippen molar-refractivity contribution in [1.29, 1.82) is 0 Å². The van der Waals surface area contributed by atoms with Crippen LogP contribution in [0.5, 0.6) is 17.2 Å². The molecule has 7 heteroatoms. The average Bonchev–Trinajstić information content (AvgIpc) is 2.87. The van der Waals surface area contributed by atoms with E-state index in [1.54, 1.807) is 7.11 Å². The van der Waals surface area contributed by atoms with Gasteiger partial charge < -0.3 is 29.0 Å². The molecule has 1 fully saturated rings. The van der Waals surface area contributed by atoms with E-state index in [1.165, 1.54) is 5.56 Å². The van der Waals surface area contributed by atoms with E-state index < -0.39 is 0 Å². The molecule has 2 aliphatic heterocycles. The van der Waals surface area contributed by atoms with Gasteiger partial charge in [-0.15, -0.1) is 0 Å². The third-order valence-electron chi connectivity index (χ3n) is 6.17.